The van der Waals surface area contributed by atoms with Crippen molar-refractivity contribution >= 4 is 5.91 Å². The van der Waals surface area contributed by atoms with E-state index in [0.29, 0.717) is 51.4 Å². The van der Waals surface area contributed by atoms with Crippen LogP contribution in [-0.4, -0.2) is 43.7 Å². The molecule has 1 aromatic carbocycles. The van der Waals surface area contributed by atoms with Crippen LogP contribution in [0.2, 0.25) is 0 Å². The summed E-state index contributed by atoms with van der Waals surface area (Å²) in [5.74, 6) is -1.61. The highest BCUT2D eigenvalue weighted by Gasteiger charge is 2.15. The van der Waals surface area contributed by atoms with Crippen molar-refractivity contribution < 1.29 is 18.3 Å². The van der Waals surface area contributed by atoms with Crippen molar-refractivity contribution in [3.63, 3.8) is 0 Å². The standard InChI is InChI=1S/C14H18F2N2O2/c15-12-2-1-11(9-13(12)16)10-17-4-3-14(19)18-5-7-20-8-6-18/h1-2,9,17H,3-8,10H2. The number of hydrogen-bond acceptors (Lipinski definition) is 3. The van der Waals surface area contributed by atoms with Gasteiger partial charge in [0.25, 0.3) is 0 Å². The van der Waals surface area contributed by atoms with E-state index in [1.54, 1.807) is 4.90 Å². The first-order valence-electron chi connectivity index (χ1n) is 6.67. The molecule has 0 spiro atoms. The molecule has 1 aliphatic heterocycles. The molecule has 4 nitrogen and oxygen atoms in total. The summed E-state index contributed by atoms with van der Waals surface area (Å²) in [6.07, 6.45) is 0.393. The maximum absolute atomic E-state index is 13.0. The minimum Gasteiger partial charge on any atom is -0.378 e. The number of morpholine rings is 1. The molecule has 6 heteroatoms. The molecule has 1 N–H and O–H groups in total. The molecule has 1 aliphatic rings. The van der Waals surface area contributed by atoms with Crippen LogP contribution < -0.4 is 5.32 Å². The van der Waals surface area contributed by atoms with Crippen molar-refractivity contribution in [2.45, 2.75) is 13.0 Å². The van der Waals surface area contributed by atoms with Crippen LogP contribution in [0.1, 0.15) is 12.0 Å². The predicted molar refractivity (Wildman–Crippen MR) is 70.1 cm³/mol. The van der Waals surface area contributed by atoms with Crippen molar-refractivity contribution in [3.8, 4) is 0 Å². The van der Waals surface area contributed by atoms with Gasteiger partial charge in [0.2, 0.25) is 5.91 Å². The van der Waals surface area contributed by atoms with E-state index in [-0.39, 0.29) is 5.91 Å². The molecule has 1 amide bonds. The SMILES string of the molecule is O=C(CCNCc1ccc(F)c(F)c1)N1CCOCC1. The van der Waals surface area contributed by atoms with Gasteiger partial charge < -0.3 is 15.0 Å². The molecule has 0 bridgehead atoms. The molecule has 0 aromatic heterocycles. The van der Waals surface area contributed by atoms with Crippen LogP contribution in [0.5, 0.6) is 0 Å². The summed E-state index contributed by atoms with van der Waals surface area (Å²) in [6.45, 7) is 3.38. The van der Waals surface area contributed by atoms with E-state index >= 15 is 0 Å². The van der Waals surface area contributed by atoms with Gasteiger partial charge in [0.15, 0.2) is 11.6 Å². The normalized spacial score (nSPS) is 15.4. The summed E-state index contributed by atoms with van der Waals surface area (Å²) in [5.41, 5.74) is 0.655. The Morgan fingerprint density at radius 3 is 2.70 bits per heavy atom. The third-order valence-corrected chi connectivity index (χ3v) is 3.19. The summed E-state index contributed by atoms with van der Waals surface area (Å²) >= 11 is 0. The molecule has 0 unspecified atom stereocenters. The molecule has 0 saturated carbocycles. The third kappa shape index (κ3) is 4.25. The van der Waals surface area contributed by atoms with Gasteiger partial charge >= 0.3 is 0 Å². The van der Waals surface area contributed by atoms with E-state index in [1.165, 1.54) is 6.07 Å². The lowest BCUT2D eigenvalue weighted by Gasteiger charge is -2.26. The Hall–Kier alpha value is -1.53. The van der Waals surface area contributed by atoms with E-state index in [2.05, 4.69) is 5.32 Å². The predicted octanol–water partition coefficient (Wildman–Crippen LogP) is 1.30. The van der Waals surface area contributed by atoms with Gasteiger partial charge in [-0.3, -0.25) is 4.79 Å². The number of amides is 1. The fourth-order valence-corrected chi connectivity index (χ4v) is 2.05. The first-order chi connectivity index (χ1) is 9.66. The second-order valence-electron chi connectivity index (χ2n) is 4.67. The smallest absolute Gasteiger partial charge is 0.224 e. The maximum atomic E-state index is 13.0. The molecule has 1 fully saturated rings. The number of carbonyl (C=O) groups is 1. The number of ether oxygens (including phenoxy) is 1. The van der Waals surface area contributed by atoms with Crippen molar-refractivity contribution in [1.29, 1.82) is 0 Å². The monoisotopic (exact) mass is 284 g/mol. The van der Waals surface area contributed by atoms with Crippen molar-refractivity contribution in [3.05, 3.63) is 35.4 Å². The molecular weight excluding hydrogens is 266 g/mol. The lowest BCUT2D eigenvalue weighted by molar-refractivity contribution is -0.135. The van der Waals surface area contributed by atoms with E-state index in [1.807, 2.05) is 0 Å². The number of nitrogens with zero attached hydrogens (tertiary/aromatic N) is 1. The second-order valence-corrected chi connectivity index (χ2v) is 4.67. The summed E-state index contributed by atoms with van der Waals surface area (Å²) in [6, 6.07) is 3.78. The zero-order valence-corrected chi connectivity index (χ0v) is 11.2. The Kier molecular flexibility index (Phi) is 5.43. The first kappa shape index (κ1) is 14.9. The Bertz CT molecular complexity index is 462. The summed E-state index contributed by atoms with van der Waals surface area (Å²) in [7, 11) is 0. The Morgan fingerprint density at radius 1 is 1.25 bits per heavy atom. The molecule has 1 aromatic rings. The number of rotatable bonds is 5. The Balaban J connectivity index is 1.68. The maximum Gasteiger partial charge on any atom is 0.224 e. The molecule has 0 atom stereocenters. The third-order valence-electron chi connectivity index (χ3n) is 3.19. The second kappa shape index (κ2) is 7.31. The number of halogens is 2. The van der Waals surface area contributed by atoms with Gasteiger partial charge in [-0.15, -0.1) is 0 Å². The highest BCUT2D eigenvalue weighted by atomic mass is 19.2. The van der Waals surface area contributed by atoms with E-state index in [4.69, 9.17) is 4.74 Å². The largest absolute Gasteiger partial charge is 0.378 e. The molecule has 2 rings (SSSR count). The van der Waals surface area contributed by atoms with Gasteiger partial charge in [-0.25, -0.2) is 8.78 Å². The summed E-state index contributed by atoms with van der Waals surface area (Å²) in [5, 5.41) is 3.05. The molecule has 1 saturated heterocycles. The molecule has 110 valence electrons. The Morgan fingerprint density at radius 2 is 2.00 bits per heavy atom. The zero-order valence-electron chi connectivity index (χ0n) is 11.2. The number of hydrogen-bond donors (Lipinski definition) is 1. The van der Waals surface area contributed by atoms with Crippen molar-refractivity contribution in [1.82, 2.24) is 10.2 Å². The van der Waals surface area contributed by atoms with Crippen LogP contribution in [-0.2, 0) is 16.1 Å². The fraction of sp³-hybridized carbons (Fsp3) is 0.500. The summed E-state index contributed by atoms with van der Waals surface area (Å²) < 4.78 is 30.9. The average Bonchev–Trinajstić information content (AvgIpc) is 2.48. The topological polar surface area (TPSA) is 41.6 Å². The lowest BCUT2D eigenvalue weighted by Crippen LogP contribution is -2.41. The molecule has 20 heavy (non-hydrogen) atoms. The Labute approximate surface area is 116 Å². The molecule has 1 heterocycles. The van der Waals surface area contributed by atoms with E-state index in [0.717, 1.165) is 12.1 Å². The lowest BCUT2D eigenvalue weighted by atomic mass is 10.2. The van der Waals surface area contributed by atoms with Crippen LogP contribution in [0.25, 0.3) is 0 Å². The molecular formula is C14H18F2N2O2. The number of benzene rings is 1. The van der Waals surface area contributed by atoms with Gasteiger partial charge in [-0.05, 0) is 17.7 Å². The highest BCUT2D eigenvalue weighted by molar-refractivity contribution is 5.76. The van der Waals surface area contributed by atoms with Crippen LogP contribution >= 0.6 is 0 Å². The van der Waals surface area contributed by atoms with Gasteiger partial charge in [-0.1, -0.05) is 6.07 Å². The quantitative estimate of drug-likeness (QED) is 0.829. The van der Waals surface area contributed by atoms with E-state index in [9.17, 15) is 13.6 Å². The molecule has 0 radical (unpaired) electrons. The fourth-order valence-electron chi connectivity index (χ4n) is 2.05. The van der Waals surface area contributed by atoms with Gasteiger partial charge in [0.1, 0.15) is 0 Å². The average molecular weight is 284 g/mol. The van der Waals surface area contributed by atoms with Crippen LogP contribution in [0.3, 0.4) is 0 Å². The van der Waals surface area contributed by atoms with Crippen molar-refractivity contribution in [2.24, 2.45) is 0 Å². The zero-order chi connectivity index (χ0) is 14.4. The van der Waals surface area contributed by atoms with Gasteiger partial charge in [0, 0.05) is 32.6 Å². The molecule has 0 aliphatic carbocycles. The number of carbonyl (C=O) groups excluding carboxylic acids is 1. The first-order valence-corrected chi connectivity index (χ1v) is 6.67. The number of nitrogens with one attached hydrogen (secondary N) is 1. The minimum absolute atomic E-state index is 0.0890. The van der Waals surface area contributed by atoms with E-state index < -0.39 is 11.6 Å². The van der Waals surface area contributed by atoms with Gasteiger partial charge in [0.05, 0.1) is 13.2 Å². The van der Waals surface area contributed by atoms with Crippen LogP contribution in [0.15, 0.2) is 18.2 Å². The summed E-state index contributed by atoms with van der Waals surface area (Å²) in [4.78, 5) is 13.6. The van der Waals surface area contributed by atoms with Gasteiger partial charge in [-0.2, -0.15) is 0 Å². The minimum atomic E-state index is -0.853. The van der Waals surface area contributed by atoms with Crippen LogP contribution in [0, 0.1) is 11.6 Å². The van der Waals surface area contributed by atoms with Crippen LogP contribution in [0.4, 0.5) is 8.78 Å². The van der Waals surface area contributed by atoms with Crippen molar-refractivity contribution in [2.75, 3.05) is 32.8 Å². The highest BCUT2D eigenvalue weighted by Crippen LogP contribution is 2.08.